The zero-order valence-corrected chi connectivity index (χ0v) is 14.9. The van der Waals surface area contributed by atoms with Gasteiger partial charge in [-0.2, -0.15) is 0 Å². The highest BCUT2D eigenvalue weighted by Gasteiger charge is 2.39. The maximum Gasteiger partial charge on any atom is 0.337 e. The summed E-state index contributed by atoms with van der Waals surface area (Å²) in [4.78, 5) is 23.3. The van der Waals surface area contributed by atoms with E-state index >= 15 is 0 Å². The number of aromatic nitrogens is 2. The number of esters is 1. The summed E-state index contributed by atoms with van der Waals surface area (Å²) in [6.45, 7) is 2.07. The molecule has 1 N–H and O–H groups in total. The highest BCUT2D eigenvalue weighted by molar-refractivity contribution is 8.00. The van der Waals surface area contributed by atoms with Gasteiger partial charge in [0.25, 0.3) is 0 Å². The Labute approximate surface area is 148 Å². The number of ether oxygens (including phenoxy) is 1. The molecule has 1 aromatic heterocycles. The summed E-state index contributed by atoms with van der Waals surface area (Å²) in [6, 6.07) is 7.25. The number of carbonyl (C=O) groups is 2. The molecule has 24 heavy (non-hydrogen) atoms. The Kier molecular flexibility index (Phi) is 5.15. The first-order valence-corrected chi connectivity index (χ1v) is 9.31. The van der Waals surface area contributed by atoms with Crippen LogP contribution < -0.4 is 5.32 Å². The number of amides is 1. The molecule has 2 aromatic rings. The van der Waals surface area contributed by atoms with Crippen LogP contribution in [0, 0.1) is 11.8 Å². The molecule has 0 spiro atoms. The molecule has 1 aliphatic carbocycles. The van der Waals surface area contributed by atoms with Gasteiger partial charge in [-0.25, -0.2) is 4.79 Å². The van der Waals surface area contributed by atoms with E-state index in [0.717, 1.165) is 16.3 Å². The molecule has 3 rings (SSSR count). The summed E-state index contributed by atoms with van der Waals surface area (Å²) in [5.41, 5.74) is 1.60. The molecular formula is C16H17N3O3S2. The monoisotopic (exact) mass is 363 g/mol. The quantitative estimate of drug-likeness (QED) is 0.482. The molecule has 1 amide bonds. The van der Waals surface area contributed by atoms with Crippen molar-refractivity contribution in [3.63, 3.8) is 0 Å². The minimum absolute atomic E-state index is 0.0357. The lowest BCUT2D eigenvalue weighted by Gasteiger charge is -2.01. The van der Waals surface area contributed by atoms with Crippen LogP contribution in [0.3, 0.4) is 0 Å². The van der Waals surface area contributed by atoms with E-state index < -0.39 is 0 Å². The molecule has 0 saturated heterocycles. The summed E-state index contributed by atoms with van der Waals surface area (Å²) >= 11 is 2.92. The van der Waals surface area contributed by atoms with Gasteiger partial charge in [-0.1, -0.05) is 42.2 Å². The van der Waals surface area contributed by atoms with Crippen molar-refractivity contribution in [2.75, 3.05) is 12.4 Å². The maximum atomic E-state index is 11.9. The fourth-order valence-electron chi connectivity index (χ4n) is 2.20. The molecule has 0 unspecified atom stereocenters. The predicted octanol–water partition coefficient (Wildman–Crippen LogP) is 3.21. The van der Waals surface area contributed by atoms with Gasteiger partial charge in [-0.3, -0.25) is 4.79 Å². The van der Waals surface area contributed by atoms with E-state index in [0.29, 0.717) is 22.4 Å². The molecule has 0 radical (unpaired) electrons. The fraction of sp³-hybridized carbons (Fsp3) is 0.375. The van der Waals surface area contributed by atoms with Gasteiger partial charge in [0.1, 0.15) is 0 Å². The summed E-state index contributed by atoms with van der Waals surface area (Å²) in [7, 11) is 1.36. The lowest BCUT2D eigenvalue weighted by atomic mass is 10.1. The van der Waals surface area contributed by atoms with Crippen molar-refractivity contribution in [3.8, 4) is 0 Å². The van der Waals surface area contributed by atoms with Gasteiger partial charge in [0, 0.05) is 11.7 Å². The van der Waals surface area contributed by atoms with Crippen molar-refractivity contribution < 1.29 is 14.3 Å². The fourth-order valence-corrected chi connectivity index (χ4v) is 3.91. The molecule has 2 atom stereocenters. The minimum Gasteiger partial charge on any atom is -0.465 e. The van der Waals surface area contributed by atoms with Crippen molar-refractivity contribution in [2.24, 2.45) is 11.8 Å². The first-order chi connectivity index (χ1) is 11.6. The van der Waals surface area contributed by atoms with Gasteiger partial charge in [-0.15, -0.1) is 10.2 Å². The number of hydrogen-bond acceptors (Lipinski definition) is 7. The molecule has 8 heteroatoms. The first-order valence-electron chi connectivity index (χ1n) is 7.51. The normalized spacial score (nSPS) is 18.9. The van der Waals surface area contributed by atoms with Crippen molar-refractivity contribution >= 4 is 40.1 Å². The second-order valence-corrected chi connectivity index (χ2v) is 7.86. The molecule has 1 fully saturated rings. The molecule has 1 aromatic carbocycles. The summed E-state index contributed by atoms with van der Waals surface area (Å²) < 4.78 is 5.47. The number of nitrogens with zero attached hydrogens (tertiary/aromatic N) is 2. The largest absolute Gasteiger partial charge is 0.465 e. The van der Waals surface area contributed by atoms with E-state index in [1.165, 1.54) is 18.4 Å². The van der Waals surface area contributed by atoms with E-state index in [2.05, 4.69) is 27.2 Å². The van der Waals surface area contributed by atoms with Crippen LogP contribution in [-0.2, 0) is 15.3 Å². The Balaban J connectivity index is 1.51. The average Bonchev–Trinajstić information content (AvgIpc) is 3.17. The molecule has 0 bridgehead atoms. The third kappa shape index (κ3) is 4.12. The van der Waals surface area contributed by atoms with Gasteiger partial charge in [0.05, 0.1) is 12.7 Å². The number of hydrogen-bond donors (Lipinski definition) is 1. The molecule has 1 aliphatic rings. The van der Waals surface area contributed by atoms with E-state index in [4.69, 9.17) is 0 Å². The van der Waals surface area contributed by atoms with Gasteiger partial charge < -0.3 is 10.1 Å². The van der Waals surface area contributed by atoms with E-state index in [9.17, 15) is 9.59 Å². The zero-order chi connectivity index (χ0) is 17.1. The van der Waals surface area contributed by atoms with Crippen molar-refractivity contribution in [1.29, 1.82) is 0 Å². The summed E-state index contributed by atoms with van der Waals surface area (Å²) in [6.07, 6.45) is 0.952. The molecule has 0 aliphatic heterocycles. The van der Waals surface area contributed by atoms with Crippen LogP contribution in [0.15, 0.2) is 28.6 Å². The van der Waals surface area contributed by atoms with Gasteiger partial charge in [0.2, 0.25) is 11.0 Å². The van der Waals surface area contributed by atoms with E-state index in [1.807, 2.05) is 12.1 Å². The number of carbonyl (C=O) groups excluding carboxylic acids is 2. The Morgan fingerprint density at radius 2 is 2.04 bits per heavy atom. The van der Waals surface area contributed by atoms with Crippen LogP contribution in [0.25, 0.3) is 0 Å². The van der Waals surface area contributed by atoms with Crippen molar-refractivity contribution in [2.45, 2.75) is 23.4 Å². The SMILES string of the molecule is COC(=O)c1ccc(CSc2nnc(NC(=O)[C@@H]3C[C@H]3C)s2)cc1. The third-order valence-corrected chi connectivity index (χ3v) is 5.86. The summed E-state index contributed by atoms with van der Waals surface area (Å²) in [5, 5.41) is 11.5. The second kappa shape index (κ2) is 7.31. The number of methoxy groups -OCH3 is 1. The Morgan fingerprint density at radius 3 is 2.67 bits per heavy atom. The number of nitrogens with one attached hydrogen (secondary N) is 1. The topological polar surface area (TPSA) is 81.2 Å². The maximum absolute atomic E-state index is 11.9. The summed E-state index contributed by atoms with van der Waals surface area (Å²) in [5.74, 6) is 0.999. The van der Waals surface area contributed by atoms with Crippen LogP contribution in [0.2, 0.25) is 0 Å². The standard InChI is InChI=1S/C16H17N3O3S2/c1-9-7-12(9)13(20)17-15-18-19-16(24-15)23-8-10-3-5-11(6-4-10)14(21)22-2/h3-6,9,12H,7-8H2,1-2H3,(H,17,18,20)/t9-,12-/m1/s1. The van der Waals surface area contributed by atoms with Gasteiger partial charge in [0.15, 0.2) is 4.34 Å². The minimum atomic E-state index is -0.344. The lowest BCUT2D eigenvalue weighted by molar-refractivity contribution is -0.117. The Bertz CT molecular complexity index is 745. The highest BCUT2D eigenvalue weighted by atomic mass is 32.2. The molecule has 126 valence electrons. The van der Waals surface area contributed by atoms with E-state index in [1.54, 1.807) is 23.9 Å². The van der Waals surface area contributed by atoms with Crippen LogP contribution in [0.5, 0.6) is 0 Å². The first kappa shape index (κ1) is 16.9. The van der Waals surface area contributed by atoms with E-state index in [-0.39, 0.29) is 17.8 Å². The van der Waals surface area contributed by atoms with Crippen LogP contribution >= 0.6 is 23.1 Å². The molecule has 1 saturated carbocycles. The lowest BCUT2D eigenvalue weighted by Crippen LogP contribution is -2.14. The number of anilines is 1. The van der Waals surface area contributed by atoms with Crippen LogP contribution in [0.1, 0.15) is 29.3 Å². The second-order valence-electron chi connectivity index (χ2n) is 5.66. The van der Waals surface area contributed by atoms with Crippen molar-refractivity contribution in [3.05, 3.63) is 35.4 Å². The van der Waals surface area contributed by atoms with Crippen LogP contribution in [-0.4, -0.2) is 29.2 Å². The number of benzene rings is 1. The molecule has 6 nitrogen and oxygen atoms in total. The number of thioether (sulfide) groups is 1. The molecular weight excluding hydrogens is 346 g/mol. The zero-order valence-electron chi connectivity index (χ0n) is 13.3. The van der Waals surface area contributed by atoms with Gasteiger partial charge in [-0.05, 0) is 30.0 Å². The smallest absolute Gasteiger partial charge is 0.337 e. The van der Waals surface area contributed by atoms with Crippen LogP contribution in [0.4, 0.5) is 5.13 Å². The predicted molar refractivity (Wildman–Crippen MR) is 93.2 cm³/mol. The molecule has 1 heterocycles. The third-order valence-electron chi connectivity index (χ3n) is 3.82. The number of rotatable bonds is 6. The Hall–Kier alpha value is -1.93. The highest BCUT2D eigenvalue weighted by Crippen LogP contribution is 2.39. The van der Waals surface area contributed by atoms with Gasteiger partial charge >= 0.3 is 5.97 Å². The Morgan fingerprint density at radius 1 is 1.33 bits per heavy atom. The average molecular weight is 363 g/mol. The van der Waals surface area contributed by atoms with Crippen molar-refractivity contribution in [1.82, 2.24) is 10.2 Å².